The maximum atomic E-state index is 11.5. The summed E-state index contributed by atoms with van der Waals surface area (Å²) in [6, 6.07) is 0. The minimum Gasteiger partial charge on any atom is -0.466 e. The van der Waals surface area contributed by atoms with Gasteiger partial charge in [0.25, 0.3) is 0 Å². The molecule has 0 aliphatic carbocycles. The van der Waals surface area contributed by atoms with E-state index in [-0.39, 0.29) is 25.3 Å². The van der Waals surface area contributed by atoms with Gasteiger partial charge in [0.1, 0.15) is 0 Å². The Hall–Kier alpha value is -0.660. The van der Waals surface area contributed by atoms with Crippen LogP contribution in [-0.2, 0) is 19.6 Å². The molecule has 0 radical (unpaired) electrons. The third kappa shape index (κ3) is 6.76. The van der Waals surface area contributed by atoms with Crippen molar-refractivity contribution >= 4 is 16.0 Å². The van der Waals surface area contributed by atoms with Crippen molar-refractivity contribution in [3.8, 4) is 0 Å². The molecule has 0 aliphatic rings. The number of nitrogens with one attached hydrogen (secondary N) is 1. The van der Waals surface area contributed by atoms with Crippen molar-refractivity contribution in [2.75, 3.05) is 18.9 Å². The Morgan fingerprint density at radius 2 is 2.00 bits per heavy atom. The largest absolute Gasteiger partial charge is 0.466 e. The van der Waals surface area contributed by atoms with Gasteiger partial charge in [-0.25, -0.2) is 13.1 Å². The zero-order chi connectivity index (χ0) is 12.8. The average molecular weight is 252 g/mol. The van der Waals surface area contributed by atoms with Crippen molar-refractivity contribution in [3.05, 3.63) is 0 Å². The van der Waals surface area contributed by atoms with Gasteiger partial charge in [-0.05, 0) is 20.8 Å². The highest BCUT2D eigenvalue weighted by Crippen LogP contribution is 2.03. The predicted molar refractivity (Wildman–Crippen MR) is 61.3 cm³/mol. The van der Waals surface area contributed by atoms with Crippen molar-refractivity contribution in [1.29, 1.82) is 0 Å². The second kappa shape index (κ2) is 6.17. The predicted octanol–water partition coefficient (Wildman–Crippen LogP) is -0.404. The van der Waals surface area contributed by atoms with Crippen molar-refractivity contribution in [2.24, 2.45) is 5.73 Å². The number of carbonyl (C=O) groups excluding carboxylic acids is 1. The fourth-order valence-corrected chi connectivity index (χ4v) is 2.43. The number of esters is 1. The third-order valence-electron chi connectivity index (χ3n) is 1.82. The molecule has 0 rings (SSSR count). The van der Waals surface area contributed by atoms with Gasteiger partial charge in [-0.15, -0.1) is 0 Å². The molecule has 0 amide bonds. The second-order valence-electron chi connectivity index (χ2n) is 4.06. The maximum Gasteiger partial charge on any atom is 0.306 e. The van der Waals surface area contributed by atoms with E-state index in [2.05, 4.69) is 9.46 Å². The van der Waals surface area contributed by atoms with Gasteiger partial charge in [0.15, 0.2) is 0 Å². The second-order valence-corrected chi connectivity index (χ2v) is 5.91. The van der Waals surface area contributed by atoms with E-state index in [1.165, 1.54) is 0 Å². The van der Waals surface area contributed by atoms with Crippen LogP contribution in [0.15, 0.2) is 0 Å². The molecule has 0 aliphatic heterocycles. The van der Waals surface area contributed by atoms with Crippen molar-refractivity contribution in [2.45, 2.75) is 32.7 Å². The van der Waals surface area contributed by atoms with Gasteiger partial charge in [0.2, 0.25) is 10.0 Å². The molecule has 7 heteroatoms. The highest BCUT2D eigenvalue weighted by atomic mass is 32.2. The number of hydrogen-bond acceptors (Lipinski definition) is 5. The summed E-state index contributed by atoms with van der Waals surface area (Å²) in [5.41, 5.74) is 4.70. The van der Waals surface area contributed by atoms with E-state index in [9.17, 15) is 13.2 Å². The van der Waals surface area contributed by atoms with Gasteiger partial charge in [-0.3, -0.25) is 4.79 Å². The monoisotopic (exact) mass is 252 g/mol. The Kier molecular flexibility index (Phi) is 5.91. The Balaban J connectivity index is 4.22. The molecule has 0 aromatic heterocycles. The van der Waals surface area contributed by atoms with Crippen LogP contribution in [0.3, 0.4) is 0 Å². The Bertz CT molecular complexity index is 324. The van der Waals surface area contributed by atoms with Crippen LogP contribution in [0.25, 0.3) is 0 Å². The molecule has 16 heavy (non-hydrogen) atoms. The van der Waals surface area contributed by atoms with Crippen LogP contribution >= 0.6 is 0 Å². The van der Waals surface area contributed by atoms with Gasteiger partial charge < -0.3 is 10.5 Å². The number of ether oxygens (including phenoxy) is 1. The van der Waals surface area contributed by atoms with E-state index in [4.69, 9.17) is 5.73 Å². The number of nitrogens with two attached hydrogens (primary N) is 1. The topological polar surface area (TPSA) is 98.5 Å². The lowest BCUT2D eigenvalue weighted by atomic mass is 10.1. The first-order valence-electron chi connectivity index (χ1n) is 5.10. The van der Waals surface area contributed by atoms with E-state index in [1.54, 1.807) is 20.8 Å². The maximum absolute atomic E-state index is 11.5. The van der Waals surface area contributed by atoms with E-state index in [0.29, 0.717) is 0 Å². The summed E-state index contributed by atoms with van der Waals surface area (Å²) >= 11 is 0. The van der Waals surface area contributed by atoms with Crippen molar-refractivity contribution < 1.29 is 17.9 Å². The van der Waals surface area contributed by atoms with E-state index in [0.717, 1.165) is 0 Å². The van der Waals surface area contributed by atoms with Crippen molar-refractivity contribution in [3.63, 3.8) is 0 Å². The molecule has 0 saturated heterocycles. The third-order valence-corrected chi connectivity index (χ3v) is 3.43. The molecular formula is C9H20N2O4S. The number of rotatable bonds is 7. The summed E-state index contributed by atoms with van der Waals surface area (Å²) in [7, 11) is -3.50. The van der Waals surface area contributed by atoms with Gasteiger partial charge in [-0.2, -0.15) is 0 Å². The molecule has 0 bridgehead atoms. The van der Waals surface area contributed by atoms with Crippen LogP contribution < -0.4 is 10.5 Å². The summed E-state index contributed by atoms with van der Waals surface area (Å²) < 4.78 is 30.1. The van der Waals surface area contributed by atoms with Gasteiger partial charge >= 0.3 is 5.97 Å². The number of hydrogen-bond donors (Lipinski definition) is 2. The minimum atomic E-state index is -3.50. The SMILES string of the molecule is CCOC(=O)CCS(=O)(=O)NC(C)(C)CN. The molecule has 0 heterocycles. The fourth-order valence-electron chi connectivity index (χ4n) is 0.965. The quantitative estimate of drug-likeness (QED) is 0.600. The highest BCUT2D eigenvalue weighted by molar-refractivity contribution is 7.89. The van der Waals surface area contributed by atoms with Crippen LogP contribution in [0.4, 0.5) is 0 Å². The first kappa shape index (κ1) is 15.3. The lowest BCUT2D eigenvalue weighted by molar-refractivity contribution is -0.142. The summed E-state index contributed by atoms with van der Waals surface area (Å²) in [5, 5.41) is 0. The van der Waals surface area contributed by atoms with Gasteiger partial charge in [0, 0.05) is 12.1 Å². The van der Waals surface area contributed by atoms with Crippen LogP contribution in [0, 0.1) is 0 Å². The summed E-state index contributed by atoms with van der Waals surface area (Å²) in [6.07, 6.45) is -0.149. The number of sulfonamides is 1. The Morgan fingerprint density at radius 1 is 1.44 bits per heavy atom. The first-order valence-corrected chi connectivity index (χ1v) is 6.75. The molecule has 96 valence electrons. The molecule has 0 aromatic rings. The molecule has 3 N–H and O–H groups in total. The molecule has 0 atom stereocenters. The molecule has 0 aromatic carbocycles. The van der Waals surface area contributed by atoms with Crippen LogP contribution in [0.2, 0.25) is 0 Å². The molecule has 0 unspecified atom stereocenters. The van der Waals surface area contributed by atoms with E-state index >= 15 is 0 Å². The number of carbonyl (C=O) groups is 1. The average Bonchev–Trinajstić information content (AvgIpc) is 2.14. The lowest BCUT2D eigenvalue weighted by Crippen LogP contribution is -2.49. The standard InChI is InChI=1S/C9H20N2O4S/c1-4-15-8(12)5-6-16(13,14)11-9(2,3)7-10/h11H,4-7,10H2,1-3H3. The van der Waals surface area contributed by atoms with Gasteiger partial charge in [-0.1, -0.05) is 0 Å². The first-order chi connectivity index (χ1) is 7.22. The summed E-state index contributed by atoms with van der Waals surface area (Å²) in [5.74, 6) is -0.798. The summed E-state index contributed by atoms with van der Waals surface area (Å²) in [4.78, 5) is 11.0. The lowest BCUT2D eigenvalue weighted by Gasteiger charge is -2.23. The molecule has 0 fully saturated rings. The van der Waals surface area contributed by atoms with Crippen molar-refractivity contribution in [1.82, 2.24) is 4.72 Å². The fraction of sp³-hybridized carbons (Fsp3) is 0.889. The smallest absolute Gasteiger partial charge is 0.306 e. The van der Waals surface area contributed by atoms with Crippen LogP contribution in [0.1, 0.15) is 27.2 Å². The minimum absolute atomic E-state index is 0.149. The van der Waals surface area contributed by atoms with E-state index in [1.807, 2.05) is 0 Å². The Morgan fingerprint density at radius 3 is 2.44 bits per heavy atom. The Labute approximate surface area is 96.6 Å². The zero-order valence-corrected chi connectivity index (χ0v) is 10.8. The molecular weight excluding hydrogens is 232 g/mol. The normalized spacial score (nSPS) is 12.5. The van der Waals surface area contributed by atoms with E-state index < -0.39 is 21.5 Å². The molecule has 0 spiro atoms. The molecule has 0 saturated carbocycles. The molecule has 6 nitrogen and oxygen atoms in total. The van der Waals surface area contributed by atoms with Gasteiger partial charge in [0.05, 0.1) is 18.8 Å². The van der Waals surface area contributed by atoms with Crippen LogP contribution in [0.5, 0.6) is 0 Å². The zero-order valence-electron chi connectivity index (χ0n) is 9.95. The summed E-state index contributed by atoms with van der Waals surface area (Å²) in [6.45, 7) is 5.46. The highest BCUT2D eigenvalue weighted by Gasteiger charge is 2.23. The van der Waals surface area contributed by atoms with Crippen LogP contribution in [-0.4, -0.2) is 38.8 Å².